The lowest BCUT2D eigenvalue weighted by Gasteiger charge is -2.04. The average molecular weight is 241 g/mol. The first kappa shape index (κ1) is 12.2. The van der Waals surface area contributed by atoms with Crippen molar-refractivity contribution in [2.45, 2.75) is 32.7 Å². The van der Waals surface area contributed by atoms with Crippen molar-refractivity contribution >= 4 is 0 Å². The molecule has 0 fully saturated rings. The van der Waals surface area contributed by atoms with Crippen LogP contribution in [0.5, 0.6) is 0 Å². The third-order valence-electron chi connectivity index (χ3n) is 2.81. The summed E-state index contributed by atoms with van der Waals surface area (Å²) in [6.07, 6.45) is 2.31. The zero-order valence-electron chi connectivity index (χ0n) is 10.4. The van der Waals surface area contributed by atoms with Gasteiger partial charge in [-0.25, -0.2) is 4.68 Å². The summed E-state index contributed by atoms with van der Waals surface area (Å²) >= 11 is 0. The largest absolute Gasteiger partial charge is 0.225 e. The van der Waals surface area contributed by atoms with Crippen LogP contribution in [0.4, 0.5) is 0 Å². The molecule has 92 valence electrons. The molecule has 5 nitrogen and oxygen atoms in total. The summed E-state index contributed by atoms with van der Waals surface area (Å²) in [6, 6.07) is 10.4. The molecule has 0 saturated carbocycles. The van der Waals surface area contributed by atoms with Gasteiger partial charge >= 0.3 is 0 Å². The topological polar surface area (TPSA) is 67.4 Å². The zero-order valence-corrected chi connectivity index (χ0v) is 10.4. The molecule has 2 aromatic rings. The van der Waals surface area contributed by atoms with Crippen LogP contribution in [0, 0.1) is 11.3 Å². The number of hydrogen-bond acceptors (Lipinski definition) is 4. The zero-order chi connectivity index (χ0) is 12.8. The van der Waals surface area contributed by atoms with Crippen LogP contribution in [0.25, 0.3) is 11.4 Å². The summed E-state index contributed by atoms with van der Waals surface area (Å²) in [4.78, 5) is 0. The predicted octanol–water partition coefficient (Wildman–Crippen LogP) is 2.21. The Morgan fingerprint density at radius 1 is 1.28 bits per heavy atom. The minimum absolute atomic E-state index is 0.522. The average Bonchev–Trinajstić information content (AvgIpc) is 2.88. The lowest BCUT2D eigenvalue weighted by molar-refractivity contribution is 0.569. The second-order valence-electron chi connectivity index (χ2n) is 4.04. The molecule has 0 spiro atoms. The number of aryl methyl sites for hydroxylation is 2. The van der Waals surface area contributed by atoms with Crippen molar-refractivity contribution in [3.05, 3.63) is 29.8 Å². The van der Waals surface area contributed by atoms with Crippen LogP contribution in [0.3, 0.4) is 0 Å². The smallest absolute Gasteiger partial charge is 0.182 e. The molecule has 18 heavy (non-hydrogen) atoms. The highest BCUT2D eigenvalue weighted by Gasteiger charge is 2.08. The van der Waals surface area contributed by atoms with Crippen molar-refractivity contribution in [1.82, 2.24) is 20.2 Å². The van der Waals surface area contributed by atoms with E-state index in [4.69, 9.17) is 5.26 Å². The Morgan fingerprint density at radius 3 is 2.72 bits per heavy atom. The van der Waals surface area contributed by atoms with Gasteiger partial charge in [0.25, 0.3) is 0 Å². The number of unbranched alkanes of at least 4 members (excludes halogenated alkanes) is 1. The van der Waals surface area contributed by atoms with Gasteiger partial charge in [0.05, 0.1) is 6.07 Å². The first-order valence-electron chi connectivity index (χ1n) is 6.07. The van der Waals surface area contributed by atoms with E-state index in [1.807, 2.05) is 12.1 Å². The van der Waals surface area contributed by atoms with Gasteiger partial charge in [0, 0.05) is 18.5 Å². The molecular weight excluding hydrogens is 226 g/mol. The van der Waals surface area contributed by atoms with Crippen molar-refractivity contribution in [3.63, 3.8) is 0 Å². The molecule has 0 aliphatic heterocycles. The summed E-state index contributed by atoms with van der Waals surface area (Å²) in [5.41, 5.74) is 2.30. The Morgan fingerprint density at radius 2 is 2.06 bits per heavy atom. The van der Waals surface area contributed by atoms with Crippen LogP contribution in [0.2, 0.25) is 0 Å². The third-order valence-corrected chi connectivity index (χ3v) is 2.81. The molecule has 1 aromatic heterocycles. The highest BCUT2D eigenvalue weighted by molar-refractivity contribution is 5.54. The van der Waals surface area contributed by atoms with Gasteiger partial charge in [-0.1, -0.05) is 31.2 Å². The van der Waals surface area contributed by atoms with Crippen molar-refractivity contribution < 1.29 is 0 Å². The quantitative estimate of drug-likeness (QED) is 0.753. The molecule has 0 N–H and O–H groups in total. The standard InChI is InChI=1S/C13H15N5/c1-2-11-5-7-12(8-6-11)13-15-16-17-18(13)10-4-3-9-14/h5-8H,2-4,10H2,1H3. The van der Waals surface area contributed by atoms with Crippen molar-refractivity contribution in [2.24, 2.45) is 0 Å². The fourth-order valence-corrected chi connectivity index (χ4v) is 1.76. The van der Waals surface area contributed by atoms with Crippen LogP contribution >= 0.6 is 0 Å². The molecule has 0 atom stereocenters. The summed E-state index contributed by atoms with van der Waals surface area (Å²) in [5, 5.41) is 20.2. The molecule has 2 rings (SSSR count). The molecule has 0 amide bonds. The minimum atomic E-state index is 0.522. The first-order chi connectivity index (χ1) is 8.85. The van der Waals surface area contributed by atoms with E-state index in [9.17, 15) is 0 Å². The third kappa shape index (κ3) is 2.72. The maximum Gasteiger partial charge on any atom is 0.182 e. The lowest BCUT2D eigenvalue weighted by Crippen LogP contribution is -2.03. The first-order valence-corrected chi connectivity index (χ1v) is 6.07. The maximum absolute atomic E-state index is 8.53. The molecule has 1 heterocycles. The maximum atomic E-state index is 8.53. The van der Waals surface area contributed by atoms with Gasteiger partial charge in [0.1, 0.15) is 0 Å². The van der Waals surface area contributed by atoms with Gasteiger partial charge in [0.15, 0.2) is 5.82 Å². The molecule has 0 aliphatic carbocycles. The van der Waals surface area contributed by atoms with E-state index in [1.54, 1.807) is 4.68 Å². The number of benzene rings is 1. The molecule has 0 unspecified atom stereocenters. The van der Waals surface area contributed by atoms with Crippen LogP contribution in [-0.4, -0.2) is 20.2 Å². The van der Waals surface area contributed by atoms with E-state index < -0.39 is 0 Å². The number of nitrogens with zero attached hydrogens (tertiary/aromatic N) is 5. The van der Waals surface area contributed by atoms with Gasteiger partial charge in [-0.15, -0.1) is 5.10 Å². The SMILES string of the molecule is CCc1ccc(-c2nnnn2CCCC#N)cc1. The van der Waals surface area contributed by atoms with E-state index in [1.165, 1.54) is 5.56 Å². The Bertz CT molecular complexity index is 535. The van der Waals surface area contributed by atoms with Gasteiger partial charge in [0.2, 0.25) is 0 Å². The van der Waals surface area contributed by atoms with Gasteiger partial charge < -0.3 is 0 Å². The second kappa shape index (κ2) is 5.92. The molecule has 1 aromatic carbocycles. The van der Waals surface area contributed by atoms with Gasteiger partial charge in [-0.2, -0.15) is 5.26 Å². The number of nitriles is 1. The fraction of sp³-hybridized carbons (Fsp3) is 0.385. The Kier molecular flexibility index (Phi) is 4.02. The van der Waals surface area contributed by atoms with Gasteiger partial charge in [-0.05, 0) is 28.8 Å². The van der Waals surface area contributed by atoms with Crippen LogP contribution < -0.4 is 0 Å². The molecule has 0 radical (unpaired) electrons. The molecule has 0 aliphatic rings. The van der Waals surface area contributed by atoms with Crippen molar-refractivity contribution in [3.8, 4) is 17.5 Å². The second-order valence-corrected chi connectivity index (χ2v) is 4.04. The number of rotatable bonds is 5. The normalized spacial score (nSPS) is 10.2. The lowest BCUT2D eigenvalue weighted by atomic mass is 10.1. The van der Waals surface area contributed by atoms with E-state index in [-0.39, 0.29) is 0 Å². The molecule has 0 saturated heterocycles. The summed E-state index contributed by atoms with van der Waals surface area (Å²) in [5.74, 6) is 0.760. The Hall–Kier alpha value is -2.22. The fourth-order valence-electron chi connectivity index (χ4n) is 1.76. The summed E-state index contributed by atoms with van der Waals surface area (Å²) < 4.78 is 1.75. The number of hydrogen-bond donors (Lipinski definition) is 0. The van der Waals surface area contributed by atoms with Crippen LogP contribution in [-0.2, 0) is 13.0 Å². The molecule has 0 bridgehead atoms. The van der Waals surface area contributed by atoms with E-state index in [2.05, 4.69) is 40.7 Å². The minimum Gasteiger partial charge on any atom is -0.225 e. The Balaban J connectivity index is 2.17. The predicted molar refractivity (Wildman–Crippen MR) is 67.5 cm³/mol. The highest BCUT2D eigenvalue weighted by Crippen LogP contribution is 2.17. The number of aromatic nitrogens is 4. The van der Waals surface area contributed by atoms with E-state index in [0.29, 0.717) is 13.0 Å². The highest BCUT2D eigenvalue weighted by atomic mass is 15.5. The number of tetrazole rings is 1. The van der Waals surface area contributed by atoms with E-state index >= 15 is 0 Å². The van der Waals surface area contributed by atoms with Crippen molar-refractivity contribution in [1.29, 1.82) is 5.26 Å². The summed E-state index contributed by atoms with van der Waals surface area (Å²) in [6.45, 7) is 2.80. The van der Waals surface area contributed by atoms with Crippen LogP contribution in [0.15, 0.2) is 24.3 Å². The van der Waals surface area contributed by atoms with Crippen molar-refractivity contribution in [2.75, 3.05) is 0 Å². The molecule has 5 heteroatoms. The molecular formula is C13H15N5. The monoisotopic (exact) mass is 241 g/mol. The summed E-state index contributed by atoms with van der Waals surface area (Å²) in [7, 11) is 0. The van der Waals surface area contributed by atoms with E-state index in [0.717, 1.165) is 24.2 Å². The Labute approximate surface area is 106 Å². The van der Waals surface area contributed by atoms with Gasteiger partial charge in [-0.3, -0.25) is 0 Å². The van der Waals surface area contributed by atoms with Crippen LogP contribution in [0.1, 0.15) is 25.3 Å².